The van der Waals surface area contributed by atoms with Crippen molar-refractivity contribution in [2.45, 2.75) is 124 Å². The third kappa shape index (κ3) is 22.8. The first-order chi connectivity index (χ1) is 40.3. The first kappa shape index (κ1) is 71.7. The van der Waals surface area contributed by atoms with E-state index in [-0.39, 0.29) is 80.9 Å². The number of rotatable bonds is 44. The zero-order valence-electron chi connectivity index (χ0n) is 49.4. The highest BCUT2D eigenvalue weighted by atomic mass is 16.5. The number of unbranched alkanes of at least 4 members (excludes halogenated alkanes) is 2. The van der Waals surface area contributed by atoms with Gasteiger partial charge in [-0.05, 0) is 120 Å². The maximum absolute atomic E-state index is 14.3. The second-order valence-electron chi connectivity index (χ2n) is 23.2. The Bertz CT molecular complexity index is 2850. The van der Waals surface area contributed by atoms with E-state index in [0.717, 1.165) is 5.39 Å². The fourth-order valence-corrected chi connectivity index (χ4v) is 11.0. The van der Waals surface area contributed by atoms with E-state index in [4.69, 9.17) is 70.9 Å². The number of hydrogen-bond acceptors (Lipinski definition) is 16. The van der Waals surface area contributed by atoms with Crippen molar-refractivity contribution in [2.24, 2.45) is 134 Å². The Hall–Kier alpha value is -8.59. The predicted octanol–water partition coefficient (Wildman–Crippen LogP) is -0.0549. The molecule has 0 aliphatic heterocycles. The Kier molecular flexibility index (Phi) is 28.7. The summed E-state index contributed by atoms with van der Waals surface area (Å²) in [6.07, 6.45) is -0.376. The van der Waals surface area contributed by atoms with E-state index in [1.54, 1.807) is 45.9 Å². The van der Waals surface area contributed by atoms with Gasteiger partial charge in [-0.3, -0.25) is 57.5 Å². The Morgan fingerprint density at radius 1 is 0.430 bits per heavy atom. The molecule has 2 heterocycles. The number of nitrogens with one attached hydrogen (secondary N) is 2. The molecule has 0 saturated heterocycles. The molecule has 476 valence electrons. The Labute approximate surface area is 497 Å². The fourth-order valence-electron chi connectivity index (χ4n) is 11.0. The fraction of sp³-hybridized carbons (Fsp3) is 0.603. The van der Waals surface area contributed by atoms with Gasteiger partial charge < -0.3 is 81.5 Å². The van der Waals surface area contributed by atoms with Gasteiger partial charge in [0.05, 0.1) is 12.9 Å². The first-order valence-corrected chi connectivity index (χ1v) is 28.9. The van der Waals surface area contributed by atoms with Crippen LogP contribution in [0.25, 0.3) is 21.9 Å². The summed E-state index contributed by atoms with van der Waals surface area (Å²) in [5, 5.41) is 6.97. The van der Waals surface area contributed by atoms with Crippen LogP contribution in [0.3, 0.4) is 0 Å². The number of carbonyl (C=O) groups is 12. The average molecular weight is 1210 g/mol. The smallest absolute Gasteiger partial charge is 0.336 e. The van der Waals surface area contributed by atoms with Crippen LogP contribution < -0.4 is 78.3 Å². The van der Waals surface area contributed by atoms with Gasteiger partial charge in [0.15, 0.2) is 11.2 Å². The van der Waals surface area contributed by atoms with Crippen LogP contribution in [-0.2, 0) is 57.5 Å². The van der Waals surface area contributed by atoms with Crippen LogP contribution in [0, 0.1) is 76.9 Å². The maximum Gasteiger partial charge on any atom is 0.336 e. The average Bonchev–Trinajstić information content (AvgIpc) is 1.72. The lowest BCUT2D eigenvalue weighted by molar-refractivity contribution is -0.131. The molecule has 3 aromatic rings. The number of nitrogens with two attached hydrogens (primary N) is 10. The van der Waals surface area contributed by atoms with Crippen molar-refractivity contribution in [2.75, 3.05) is 19.7 Å². The molecule has 22 N–H and O–H groups in total. The van der Waals surface area contributed by atoms with Crippen LogP contribution >= 0.6 is 0 Å². The Balaban J connectivity index is 1.82. The van der Waals surface area contributed by atoms with Gasteiger partial charge in [-0.1, -0.05) is 27.7 Å². The molecule has 10 unspecified atom stereocenters. The number of ether oxygens (including phenoxy) is 1. The lowest BCUT2D eigenvalue weighted by Gasteiger charge is -2.29. The molecular formula is C58H88N12O16. The van der Waals surface area contributed by atoms with E-state index >= 15 is 0 Å². The monoisotopic (exact) mass is 1210 g/mol. The molecule has 0 radical (unpaired) electrons. The maximum atomic E-state index is 14.3. The molecule has 0 bridgehead atoms. The van der Waals surface area contributed by atoms with Crippen molar-refractivity contribution in [3.05, 3.63) is 40.9 Å². The first-order valence-electron chi connectivity index (χ1n) is 28.9. The normalized spacial score (nSPS) is 15.4. The Morgan fingerprint density at radius 2 is 0.791 bits per heavy atom. The molecule has 0 aliphatic carbocycles. The quantitative estimate of drug-likeness (QED) is 0.0261. The van der Waals surface area contributed by atoms with Gasteiger partial charge in [-0.15, -0.1) is 0 Å². The van der Waals surface area contributed by atoms with E-state index in [2.05, 4.69) is 10.6 Å². The van der Waals surface area contributed by atoms with E-state index in [1.807, 2.05) is 0 Å². The van der Waals surface area contributed by atoms with Crippen molar-refractivity contribution in [3.8, 4) is 5.75 Å². The molecule has 2 aromatic heterocycles. The van der Waals surface area contributed by atoms with Crippen LogP contribution in [0.5, 0.6) is 5.75 Å². The lowest BCUT2D eigenvalue weighted by Crippen LogP contribution is -2.41. The molecule has 10 atom stereocenters. The minimum absolute atomic E-state index is 0.0393. The number of carbonyl (C=O) groups excluding carboxylic acids is 12. The summed E-state index contributed by atoms with van der Waals surface area (Å²) in [5.41, 5.74) is 57.7. The van der Waals surface area contributed by atoms with E-state index in [0.29, 0.717) is 36.7 Å². The van der Waals surface area contributed by atoms with Gasteiger partial charge in [0.25, 0.3) is 0 Å². The Morgan fingerprint density at radius 3 is 1.16 bits per heavy atom. The standard InChI is InChI=1S/C58H88N12O16/c1-28(2)41(56(67)81)26-38(54(65)79)22-34(50(61)75)18-32(48(59)73)20-36(52(63)77)24-40(25-37(53(64)78)21-33(49(60)74)19-35(51(62)76)23-39(55(66)80)27-42(29(3)4)57(68)82)58(83)70-14-7-5-6-13-69-43(71)9-8-15-84-47-45-31(12-16-85-45)17-30-10-11-44(72)86-46(30)47/h10-12,16-17,28-29,32-42H,5-9,13-15,18-27H2,1-4H3,(H2,59,73)(H2,60,74)(H2,61,75)(H2,62,76)(H2,63,77)(H2,64,78)(H2,65,79)(H2,66,80)(H2,67,81)(H2,68,82)(H,69,71)(H,70,83). The summed E-state index contributed by atoms with van der Waals surface area (Å²) in [6.45, 7) is 7.22. The molecule has 0 spiro atoms. The van der Waals surface area contributed by atoms with E-state index in [9.17, 15) is 62.3 Å². The van der Waals surface area contributed by atoms with Crippen molar-refractivity contribution in [3.63, 3.8) is 0 Å². The van der Waals surface area contributed by atoms with Gasteiger partial charge in [0.2, 0.25) is 76.6 Å². The largest absolute Gasteiger partial charge is 0.486 e. The number of fused-ring (bicyclic) bond motifs is 2. The third-order valence-electron chi connectivity index (χ3n) is 16.1. The summed E-state index contributed by atoms with van der Waals surface area (Å²) in [6, 6.07) is 6.43. The minimum atomic E-state index is -1.38. The highest BCUT2D eigenvalue weighted by Gasteiger charge is 2.39. The summed E-state index contributed by atoms with van der Waals surface area (Å²) >= 11 is 0. The van der Waals surface area contributed by atoms with Gasteiger partial charge in [-0.25, -0.2) is 4.79 Å². The zero-order chi connectivity index (χ0) is 64.7. The SMILES string of the molecule is CC(C)C(CC(CC(CC(CC(CC(CC(CC(CC(CC(CC(C(N)=O)C(C)C)C(N)=O)C(N)=O)C(N)=O)C(N)=O)C(=O)NCCCCCNC(=O)CCCOc1c2occc2cc2ccc(=O)oc12)C(N)=O)C(N)=O)C(N)=O)C(N)=O)C(N)=O. The summed E-state index contributed by atoms with van der Waals surface area (Å²) in [7, 11) is 0. The topological polar surface area (TPSA) is 542 Å². The number of primary amides is 10. The second kappa shape index (κ2) is 34.4. The van der Waals surface area contributed by atoms with Gasteiger partial charge >= 0.3 is 5.63 Å². The van der Waals surface area contributed by atoms with Gasteiger partial charge in [0.1, 0.15) is 0 Å². The second-order valence-corrected chi connectivity index (χ2v) is 23.2. The molecule has 12 amide bonds. The van der Waals surface area contributed by atoms with Crippen LogP contribution in [0.15, 0.2) is 44.2 Å². The third-order valence-corrected chi connectivity index (χ3v) is 16.1. The highest BCUT2D eigenvalue weighted by Crippen LogP contribution is 2.37. The van der Waals surface area contributed by atoms with Crippen molar-refractivity contribution >= 4 is 92.8 Å². The molecule has 86 heavy (non-hydrogen) atoms. The molecule has 1 aromatic carbocycles. The summed E-state index contributed by atoms with van der Waals surface area (Å²) in [5.74, 6) is -23.7. The van der Waals surface area contributed by atoms with Gasteiger partial charge in [-0.2, -0.15) is 0 Å². The number of benzene rings is 1. The zero-order valence-corrected chi connectivity index (χ0v) is 49.4. The molecule has 0 saturated carbocycles. The van der Waals surface area contributed by atoms with E-state index < -0.39 is 174 Å². The molecule has 28 heteroatoms. The van der Waals surface area contributed by atoms with Crippen molar-refractivity contribution < 1.29 is 71.1 Å². The molecule has 3 rings (SSSR count). The summed E-state index contributed by atoms with van der Waals surface area (Å²) in [4.78, 5) is 168. The highest BCUT2D eigenvalue weighted by molar-refractivity contribution is 6.00. The minimum Gasteiger partial charge on any atom is -0.486 e. The lowest BCUT2D eigenvalue weighted by atomic mass is 9.75. The molecule has 0 fully saturated rings. The van der Waals surface area contributed by atoms with Crippen molar-refractivity contribution in [1.29, 1.82) is 0 Å². The number of hydrogen-bond donors (Lipinski definition) is 12. The predicted molar refractivity (Wildman–Crippen MR) is 313 cm³/mol. The number of furan rings is 1. The van der Waals surface area contributed by atoms with Crippen molar-refractivity contribution in [1.82, 2.24) is 10.6 Å². The number of amides is 12. The van der Waals surface area contributed by atoms with Crippen LogP contribution in [0.1, 0.15) is 124 Å². The van der Waals surface area contributed by atoms with E-state index in [1.165, 1.54) is 12.3 Å². The van der Waals surface area contributed by atoms with Crippen LogP contribution in [0.2, 0.25) is 0 Å². The summed E-state index contributed by atoms with van der Waals surface area (Å²) < 4.78 is 16.9. The van der Waals surface area contributed by atoms with Crippen LogP contribution in [0.4, 0.5) is 0 Å². The van der Waals surface area contributed by atoms with Gasteiger partial charge in [0, 0.05) is 101 Å². The molecule has 0 aliphatic rings. The van der Waals surface area contributed by atoms with Crippen LogP contribution in [-0.4, -0.2) is 90.6 Å². The molecule has 28 nitrogen and oxygen atoms in total. The molecular weight excluding hydrogens is 1120 g/mol.